The highest BCUT2D eigenvalue weighted by Gasteiger charge is 2.16. The van der Waals surface area contributed by atoms with Gasteiger partial charge in [0.1, 0.15) is 10.8 Å². The number of carbonyl (C=O) groups is 1. The van der Waals surface area contributed by atoms with Crippen LogP contribution in [0.2, 0.25) is 0 Å². The molecule has 7 heteroatoms. The highest BCUT2D eigenvalue weighted by molar-refractivity contribution is 7.15. The van der Waals surface area contributed by atoms with Gasteiger partial charge in [-0.05, 0) is 30.7 Å². The Morgan fingerprint density at radius 1 is 1.10 bits per heavy atom. The number of fused-ring (bicyclic) bond motifs is 1. The fourth-order valence-electron chi connectivity index (χ4n) is 3.08. The largest absolute Gasteiger partial charge is 0.497 e. The monoisotopic (exact) mass is 404 g/mol. The summed E-state index contributed by atoms with van der Waals surface area (Å²) in [5.41, 5.74) is 2.88. The number of aryl methyl sites for hydroxylation is 1. The fraction of sp³-hybridized carbons (Fsp3) is 0.182. The molecule has 0 aliphatic heterocycles. The van der Waals surface area contributed by atoms with Crippen LogP contribution in [0.15, 0.2) is 54.6 Å². The molecule has 2 aromatic heterocycles. The zero-order chi connectivity index (χ0) is 20.2. The number of amides is 1. The Morgan fingerprint density at radius 2 is 1.97 bits per heavy atom. The maximum absolute atomic E-state index is 13.1. The fourth-order valence-corrected chi connectivity index (χ4v) is 3.91. The molecule has 0 spiro atoms. The Morgan fingerprint density at radius 3 is 2.79 bits per heavy atom. The van der Waals surface area contributed by atoms with Crippen molar-refractivity contribution in [2.45, 2.75) is 19.8 Å². The van der Waals surface area contributed by atoms with E-state index in [0.29, 0.717) is 16.4 Å². The number of nitrogens with zero attached hydrogens (tertiary/aromatic N) is 3. The first-order valence-corrected chi connectivity index (χ1v) is 10.2. The molecule has 0 aliphatic carbocycles. The highest BCUT2D eigenvalue weighted by Crippen LogP contribution is 2.28. The van der Waals surface area contributed by atoms with Gasteiger partial charge in [-0.15, -0.1) is 10.2 Å². The van der Waals surface area contributed by atoms with Crippen LogP contribution >= 0.6 is 11.3 Å². The van der Waals surface area contributed by atoms with Crippen LogP contribution in [0.3, 0.4) is 0 Å². The molecule has 2 aromatic carbocycles. The summed E-state index contributed by atoms with van der Waals surface area (Å²) in [4.78, 5) is 17.8. The van der Waals surface area contributed by atoms with E-state index in [-0.39, 0.29) is 5.91 Å². The van der Waals surface area contributed by atoms with Gasteiger partial charge in [-0.1, -0.05) is 48.6 Å². The smallest absolute Gasteiger partial charge is 0.258 e. The molecule has 0 atom stereocenters. The predicted molar refractivity (Wildman–Crippen MR) is 116 cm³/mol. The molecule has 6 nitrogen and oxygen atoms in total. The summed E-state index contributed by atoms with van der Waals surface area (Å²) < 4.78 is 5.32. The Hall–Kier alpha value is -3.32. The SMILES string of the molecule is CCCc1nnc(NC(=O)c2cc(-c3cccc(OC)c3)nc3ccccc23)s1. The number of carbonyl (C=O) groups excluding carboxylic acids is 1. The topological polar surface area (TPSA) is 77.0 Å². The van der Waals surface area contributed by atoms with E-state index in [1.807, 2.05) is 48.5 Å². The minimum Gasteiger partial charge on any atom is -0.497 e. The first-order valence-electron chi connectivity index (χ1n) is 9.36. The van der Waals surface area contributed by atoms with Crippen molar-refractivity contribution >= 4 is 33.3 Å². The number of methoxy groups -OCH3 is 1. The third-order valence-electron chi connectivity index (χ3n) is 4.48. The highest BCUT2D eigenvalue weighted by atomic mass is 32.1. The van der Waals surface area contributed by atoms with Crippen molar-refractivity contribution < 1.29 is 9.53 Å². The maximum Gasteiger partial charge on any atom is 0.258 e. The van der Waals surface area contributed by atoms with Crippen molar-refractivity contribution in [1.82, 2.24) is 15.2 Å². The molecule has 146 valence electrons. The van der Waals surface area contributed by atoms with Gasteiger partial charge in [0, 0.05) is 17.4 Å². The van der Waals surface area contributed by atoms with Crippen LogP contribution in [-0.4, -0.2) is 28.2 Å². The van der Waals surface area contributed by atoms with Crippen LogP contribution in [0.4, 0.5) is 5.13 Å². The zero-order valence-electron chi connectivity index (χ0n) is 16.2. The van der Waals surface area contributed by atoms with Gasteiger partial charge in [0.05, 0.1) is 23.9 Å². The van der Waals surface area contributed by atoms with Gasteiger partial charge in [0.15, 0.2) is 0 Å². The minimum atomic E-state index is -0.230. The van der Waals surface area contributed by atoms with Crippen LogP contribution in [0.1, 0.15) is 28.7 Å². The molecular formula is C22H20N4O2S. The van der Waals surface area contributed by atoms with Gasteiger partial charge in [0.2, 0.25) is 5.13 Å². The molecule has 0 aliphatic rings. The molecule has 1 amide bonds. The maximum atomic E-state index is 13.1. The number of anilines is 1. The normalized spacial score (nSPS) is 10.8. The second-order valence-corrected chi connectivity index (χ2v) is 7.57. The average Bonchev–Trinajstić information content (AvgIpc) is 3.20. The van der Waals surface area contributed by atoms with Gasteiger partial charge in [-0.3, -0.25) is 10.1 Å². The van der Waals surface area contributed by atoms with Crippen molar-refractivity contribution in [3.05, 3.63) is 65.2 Å². The third kappa shape index (κ3) is 4.09. The van der Waals surface area contributed by atoms with Crippen molar-refractivity contribution in [3.63, 3.8) is 0 Å². The van der Waals surface area contributed by atoms with E-state index in [0.717, 1.165) is 40.1 Å². The first-order chi connectivity index (χ1) is 14.2. The van der Waals surface area contributed by atoms with Crippen molar-refractivity contribution in [2.75, 3.05) is 12.4 Å². The number of hydrogen-bond donors (Lipinski definition) is 1. The minimum absolute atomic E-state index is 0.230. The standard InChI is InChI=1S/C22H20N4O2S/c1-3-7-20-25-26-22(29-20)24-21(27)17-13-19(14-8-6-9-15(12-14)28-2)23-18-11-5-4-10-16(17)18/h4-6,8-13H,3,7H2,1-2H3,(H,24,26,27). The molecule has 0 radical (unpaired) electrons. The Balaban J connectivity index is 1.74. The quantitative estimate of drug-likeness (QED) is 0.491. The lowest BCUT2D eigenvalue weighted by atomic mass is 10.0. The van der Waals surface area contributed by atoms with Crippen LogP contribution in [0.25, 0.3) is 22.2 Å². The molecule has 4 aromatic rings. The first kappa shape index (κ1) is 19.0. The summed E-state index contributed by atoms with van der Waals surface area (Å²) in [7, 11) is 1.63. The van der Waals surface area contributed by atoms with Gasteiger partial charge >= 0.3 is 0 Å². The molecule has 0 fully saturated rings. The number of para-hydroxylation sites is 1. The summed E-state index contributed by atoms with van der Waals surface area (Å²) in [5.74, 6) is 0.507. The van der Waals surface area contributed by atoms with Gasteiger partial charge < -0.3 is 4.74 Å². The van der Waals surface area contributed by atoms with E-state index in [2.05, 4.69) is 22.4 Å². The number of rotatable bonds is 6. The molecule has 0 saturated carbocycles. The van der Waals surface area contributed by atoms with Crippen LogP contribution < -0.4 is 10.1 Å². The zero-order valence-corrected chi connectivity index (χ0v) is 17.0. The molecule has 2 heterocycles. The summed E-state index contributed by atoms with van der Waals surface area (Å²) in [6, 6.07) is 17.0. The van der Waals surface area contributed by atoms with Gasteiger partial charge in [-0.2, -0.15) is 0 Å². The third-order valence-corrected chi connectivity index (χ3v) is 5.38. The number of benzene rings is 2. The molecule has 1 N–H and O–H groups in total. The van der Waals surface area contributed by atoms with Gasteiger partial charge in [0.25, 0.3) is 5.91 Å². The van der Waals surface area contributed by atoms with Crippen LogP contribution in [-0.2, 0) is 6.42 Å². The second-order valence-electron chi connectivity index (χ2n) is 6.51. The van der Waals surface area contributed by atoms with Crippen molar-refractivity contribution in [1.29, 1.82) is 0 Å². The number of pyridine rings is 1. The lowest BCUT2D eigenvalue weighted by Gasteiger charge is -2.10. The molecular weight excluding hydrogens is 384 g/mol. The Kier molecular flexibility index (Phi) is 5.48. The molecule has 0 unspecified atom stereocenters. The summed E-state index contributed by atoms with van der Waals surface area (Å²) >= 11 is 1.41. The molecule has 29 heavy (non-hydrogen) atoms. The Labute approximate surface area is 172 Å². The lowest BCUT2D eigenvalue weighted by Crippen LogP contribution is -2.13. The van der Waals surface area contributed by atoms with Gasteiger partial charge in [-0.25, -0.2) is 4.98 Å². The van der Waals surface area contributed by atoms with E-state index in [1.54, 1.807) is 13.2 Å². The average molecular weight is 404 g/mol. The van der Waals surface area contributed by atoms with Crippen molar-refractivity contribution in [3.8, 4) is 17.0 Å². The molecule has 4 rings (SSSR count). The molecule has 0 bridgehead atoms. The Bertz CT molecular complexity index is 1170. The predicted octanol–water partition coefficient (Wildman–Crippen LogP) is 4.97. The number of nitrogens with one attached hydrogen (secondary N) is 1. The van der Waals surface area contributed by atoms with Crippen LogP contribution in [0.5, 0.6) is 5.75 Å². The van der Waals surface area contributed by atoms with Crippen LogP contribution in [0, 0.1) is 0 Å². The summed E-state index contributed by atoms with van der Waals surface area (Å²) in [6.45, 7) is 2.09. The van der Waals surface area contributed by atoms with E-state index < -0.39 is 0 Å². The second kappa shape index (κ2) is 8.36. The van der Waals surface area contributed by atoms with E-state index in [1.165, 1.54) is 11.3 Å². The van der Waals surface area contributed by atoms with E-state index >= 15 is 0 Å². The number of aromatic nitrogens is 3. The summed E-state index contributed by atoms with van der Waals surface area (Å²) in [5, 5.41) is 13.3. The van der Waals surface area contributed by atoms with E-state index in [9.17, 15) is 4.79 Å². The lowest BCUT2D eigenvalue weighted by molar-refractivity contribution is 0.102. The molecule has 0 saturated heterocycles. The number of hydrogen-bond acceptors (Lipinski definition) is 6. The van der Waals surface area contributed by atoms with E-state index in [4.69, 9.17) is 9.72 Å². The van der Waals surface area contributed by atoms with Crippen molar-refractivity contribution in [2.24, 2.45) is 0 Å². The summed E-state index contributed by atoms with van der Waals surface area (Å²) in [6.07, 6.45) is 1.84. The number of ether oxygens (including phenoxy) is 1.